The predicted molar refractivity (Wildman–Crippen MR) is 87.2 cm³/mol. The zero-order valence-electron chi connectivity index (χ0n) is 11.8. The van der Waals surface area contributed by atoms with Crippen LogP contribution in [0.5, 0.6) is 0 Å². The summed E-state index contributed by atoms with van der Waals surface area (Å²) in [5, 5.41) is 0. The standard InChI is InChI=1S/C16H14NO3PS/c18-16(20-11-21-19)9-10-17-12-5-1-3-7-14(12)22-15-8-4-2-6-13(15)17/h1-8H,9-11H2. The van der Waals surface area contributed by atoms with Gasteiger partial charge in [0.25, 0.3) is 0 Å². The van der Waals surface area contributed by atoms with Crippen molar-refractivity contribution in [3.63, 3.8) is 0 Å². The van der Waals surface area contributed by atoms with Gasteiger partial charge < -0.3 is 9.64 Å². The van der Waals surface area contributed by atoms with Gasteiger partial charge in [0.1, 0.15) is 0 Å². The van der Waals surface area contributed by atoms with E-state index < -0.39 is 0 Å². The van der Waals surface area contributed by atoms with Crippen LogP contribution in [0.4, 0.5) is 11.4 Å². The molecule has 4 nitrogen and oxygen atoms in total. The van der Waals surface area contributed by atoms with Crippen molar-refractivity contribution in [2.45, 2.75) is 16.2 Å². The molecule has 1 heterocycles. The second kappa shape index (κ2) is 6.95. The van der Waals surface area contributed by atoms with Crippen LogP contribution in [0.3, 0.4) is 0 Å². The minimum atomic E-state index is -0.337. The van der Waals surface area contributed by atoms with Gasteiger partial charge in [-0.1, -0.05) is 36.0 Å². The number of para-hydroxylation sites is 2. The van der Waals surface area contributed by atoms with Gasteiger partial charge in [0, 0.05) is 16.3 Å². The number of ether oxygens (including phenoxy) is 1. The van der Waals surface area contributed by atoms with Crippen molar-refractivity contribution in [1.29, 1.82) is 0 Å². The number of hydrogen-bond acceptors (Lipinski definition) is 5. The van der Waals surface area contributed by atoms with Crippen LogP contribution in [0.25, 0.3) is 0 Å². The van der Waals surface area contributed by atoms with E-state index in [1.54, 1.807) is 11.8 Å². The predicted octanol–water partition coefficient (Wildman–Crippen LogP) is 4.47. The third-order valence-electron chi connectivity index (χ3n) is 3.35. The summed E-state index contributed by atoms with van der Waals surface area (Å²) >= 11 is 1.73. The normalized spacial score (nSPS) is 12.6. The van der Waals surface area contributed by atoms with Gasteiger partial charge in [-0.3, -0.25) is 9.36 Å². The minimum absolute atomic E-state index is 0.0815. The molecule has 0 N–H and O–H groups in total. The lowest BCUT2D eigenvalue weighted by Gasteiger charge is -2.32. The Bertz CT molecular complexity index is 662. The number of carbonyl (C=O) groups excluding carboxylic acids is 1. The van der Waals surface area contributed by atoms with Crippen molar-refractivity contribution in [1.82, 2.24) is 0 Å². The molecule has 0 bridgehead atoms. The Morgan fingerprint density at radius 2 is 1.64 bits per heavy atom. The molecule has 0 aromatic heterocycles. The molecule has 0 unspecified atom stereocenters. The molecule has 1 aliphatic rings. The molecule has 2 aromatic carbocycles. The average Bonchev–Trinajstić information content (AvgIpc) is 2.56. The van der Waals surface area contributed by atoms with Crippen molar-refractivity contribution in [2.24, 2.45) is 0 Å². The number of esters is 1. The summed E-state index contributed by atoms with van der Waals surface area (Å²) in [6, 6.07) is 16.3. The smallest absolute Gasteiger partial charge is 0.308 e. The molecule has 0 aliphatic carbocycles. The van der Waals surface area contributed by atoms with E-state index in [0.717, 1.165) is 11.4 Å². The Hall–Kier alpha value is -1.84. The first-order valence-corrected chi connectivity index (χ1v) is 8.69. The van der Waals surface area contributed by atoms with Gasteiger partial charge in [-0.2, -0.15) is 0 Å². The van der Waals surface area contributed by atoms with Gasteiger partial charge in [0.2, 0.25) is 0 Å². The Labute approximate surface area is 134 Å². The molecular formula is C16H14NO3PS. The number of benzene rings is 2. The first-order valence-electron chi connectivity index (χ1n) is 6.88. The lowest BCUT2D eigenvalue weighted by atomic mass is 10.2. The van der Waals surface area contributed by atoms with Crippen molar-refractivity contribution >= 4 is 37.6 Å². The van der Waals surface area contributed by atoms with Crippen LogP contribution in [-0.2, 0) is 14.1 Å². The lowest BCUT2D eigenvalue weighted by molar-refractivity contribution is -0.141. The fourth-order valence-corrected chi connectivity index (χ4v) is 3.69. The van der Waals surface area contributed by atoms with Crippen LogP contribution in [0.1, 0.15) is 6.42 Å². The summed E-state index contributed by atoms with van der Waals surface area (Å²) in [4.78, 5) is 16.2. The third-order valence-corrected chi connectivity index (χ3v) is 4.71. The van der Waals surface area contributed by atoms with Gasteiger partial charge in [-0.15, -0.1) is 0 Å². The van der Waals surface area contributed by atoms with E-state index >= 15 is 0 Å². The first kappa shape index (κ1) is 15.1. The lowest BCUT2D eigenvalue weighted by Crippen LogP contribution is -2.24. The number of fused-ring (bicyclic) bond motifs is 2. The van der Waals surface area contributed by atoms with Crippen molar-refractivity contribution in [3.8, 4) is 0 Å². The molecule has 0 saturated carbocycles. The number of rotatable bonds is 5. The highest BCUT2D eigenvalue weighted by Crippen LogP contribution is 2.47. The molecule has 0 saturated heterocycles. The van der Waals surface area contributed by atoms with Crippen LogP contribution in [-0.4, -0.2) is 18.9 Å². The van der Waals surface area contributed by atoms with Crippen LogP contribution in [0.15, 0.2) is 58.3 Å². The topological polar surface area (TPSA) is 46.6 Å². The number of hydrogen-bond donors (Lipinski definition) is 0. The van der Waals surface area contributed by atoms with Gasteiger partial charge in [0.15, 0.2) is 14.8 Å². The van der Waals surface area contributed by atoms with E-state index in [4.69, 9.17) is 4.74 Å². The van der Waals surface area contributed by atoms with Crippen molar-refractivity contribution in [3.05, 3.63) is 48.5 Å². The Morgan fingerprint density at radius 1 is 1.05 bits per heavy atom. The first-order chi connectivity index (χ1) is 10.8. The number of carbonyl (C=O) groups is 1. The largest absolute Gasteiger partial charge is 0.453 e. The number of anilines is 2. The van der Waals surface area contributed by atoms with E-state index in [9.17, 15) is 9.36 Å². The summed E-state index contributed by atoms with van der Waals surface area (Å²) in [5.41, 5.74) is 2.20. The second-order valence-corrected chi connectivity index (χ2v) is 6.31. The highest BCUT2D eigenvalue weighted by Gasteiger charge is 2.23. The molecule has 112 valence electrons. The number of nitrogens with zero attached hydrogens (tertiary/aromatic N) is 1. The summed E-state index contributed by atoms with van der Waals surface area (Å²) < 4.78 is 15.2. The van der Waals surface area contributed by atoms with Gasteiger partial charge in [0.05, 0.1) is 17.8 Å². The van der Waals surface area contributed by atoms with E-state index in [0.29, 0.717) is 6.54 Å². The highest BCUT2D eigenvalue weighted by molar-refractivity contribution is 7.99. The highest BCUT2D eigenvalue weighted by atomic mass is 32.2. The fourth-order valence-electron chi connectivity index (χ4n) is 2.40. The van der Waals surface area contributed by atoms with E-state index in [1.165, 1.54) is 9.79 Å². The molecule has 0 fully saturated rings. The van der Waals surface area contributed by atoms with Gasteiger partial charge in [-0.05, 0) is 24.3 Å². The quantitative estimate of drug-likeness (QED) is 0.597. The Balaban J connectivity index is 1.83. The SMILES string of the molecule is O=PCOC(=O)CCN1c2ccccc2Sc2ccccc21. The molecule has 22 heavy (non-hydrogen) atoms. The van der Waals surface area contributed by atoms with Crippen LogP contribution in [0.2, 0.25) is 0 Å². The molecule has 0 amide bonds. The monoisotopic (exact) mass is 331 g/mol. The summed E-state index contributed by atoms with van der Waals surface area (Å²) in [7, 11) is -0.175. The zero-order chi connectivity index (χ0) is 15.4. The van der Waals surface area contributed by atoms with E-state index in [2.05, 4.69) is 29.2 Å². The summed E-state index contributed by atoms with van der Waals surface area (Å²) in [5.74, 6) is -0.337. The van der Waals surface area contributed by atoms with Gasteiger partial charge >= 0.3 is 5.97 Å². The molecule has 1 aliphatic heterocycles. The Morgan fingerprint density at radius 3 is 2.23 bits per heavy atom. The molecular weight excluding hydrogens is 317 g/mol. The maximum absolute atomic E-state index is 11.7. The van der Waals surface area contributed by atoms with Crippen LogP contribution >= 0.6 is 20.2 Å². The summed E-state index contributed by atoms with van der Waals surface area (Å²) in [6.45, 7) is 0.531. The molecule has 3 rings (SSSR count). The zero-order valence-corrected chi connectivity index (χ0v) is 13.5. The van der Waals surface area contributed by atoms with Crippen LogP contribution in [0, 0.1) is 0 Å². The summed E-state index contributed by atoms with van der Waals surface area (Å²) in [6.07, 6.45) is 0.171. The maximum Gasteiger partial charge on any atom is 0.308 e. The Kier molecular flexibility index (Phi) is 4.76. The second-order valence-electron chi connectivity index (χ2n) is 4.71. The molecule has 0 radical (unpaired) electrons. The molecule has 6 heteroatoms. The minimum Gasteiger partial charge on any atom is -0.453 e. The molecule has 0 atom stereocenters. The molecule has 2 aromatic rings. The van der Waals surface area contributed by atoms with Crippen LogP contribution < -0.4 is 4.90 Å². The third kappa shape index (κ3) is 3.16. The average molecular weight is 331 g/mol. The molecule has 0 spiro atoms. The van der Waals surface area contributed by atoms with Gasteiger partial charge in [-0.25, -0.2) is 0 Å². The van der Waals surface area contributed by atoms with E-state index in [1.807, 2.05) is 24.3 Å². The van der Waals surface area contributed by atoms with Crippen molar-refractivity contribution < 1.29 is 14.1 Å². The van der Waals surface area contributed by atoms with Crippen molar-refractivity contribution in [2.75, 3.05) is 17.8 Å². The fraction of sp³-hybridized carbons (Fsp3) is 0.188. The maximum atomic E-state index is 11.7. The van der Waals surface area contributed by atoms with E-state index in [-0.39, 0.29) is 27.2 Å².